The molecule has 18 heavy (non-hydrogen) atoms. The van der Waals surface area contributed by atoms with Gasteiger partial charge in [-0.1, -0.05) is 13.8 Å². The molecule has 0 bridgehead atoms. The number of hydrogen-bond donors (Lipinski definition) is 2. The molecule has 5 nitrogen and oxygen atoms in total. The summed E-state index contributed by atoms with van der Waals surface area (Å²) in [4.78, 5) is 8.28. The van der Waals surface area contributed by atoms with Crippen molar-refractivity contribution in [2.75, 3.05) is 18.5 Å². The molecule has 1 unspecified atom stereocenters. The van der Waals surface area contributed by atoms with Crippen molar-refractivity contribution in [3.05, 3.63) is 12.3 Å². The maximum Gasteiger partial charge on any atom is 0.226 e. The van der Waals surface area contributed by atoms with E-state index in [1.54, 1.807) is 12.3 Å². The maximum absolute atomic E-state index is 10.2. The molecular formula is C13H23N3O2. The lowest BCUT2D eigenvalue weighted by atomic mass is 9.94. The number of rotatable bonds is 7. The molecule has 0 saturated carbocycles. The van der Waals surface area contributed by atoms with E-state index in [0.29, 0.717) is 30.9 Å². The number of aliphatic hydroxyl groups is 1. The van der Waals surface area contributed by atoms with Crippen molar-refractivity contribution in [2.24, 2.45) is 5.92 Å². The first-order valence-electron chi connectivity index (χ1n) is 6.35. The van der Waals surface area contributed by atoms with Crippen LogP contribution < -0.4 is 10.1 Å². The third-order valence-electron chi connectivity index (χ3n) is 2.40. The molecule has 2 N–H and O–H groups in total. The monoisotopic (exact) mass is 253 g/mol. The maximum atomic E-state index is 10.2. The number of ether oxygens (including phenoxy) is 1. The molecule has 1 atom stereocenters. The van der Waals surface area contributed by atoms with E-state index in [4.69, 9.17) is 4.74 Å². The average Bonchev–Trinajstić information content (AvgIpc) is 2.26. The number of hydrogen-bond acceptors (Lipinski definition) is 5. The van der Waals surface area contributed by atoms with Gasteiger partial charge in [-0.15, -0.1) is 0 Å². The molecule has 1 aromatic heterocycles. The van der Waals surface area contributed by atoms with Gasteiger partial charge in [0.2, 0.25) is 11.8 Å². The number of aromatic nitrogens is 2. The van der Waals surface area contributed by atoms with E-state index in [-0.39, 0.29) is 0 Å². The molecule has 0 fully saturated rings. The molecule has 1 heterocycles. The van der Waals surface area contributed by atoms with Crippen LogP contribution in [0.2, 0.25) is 0 Å². The average molecular weight is 253 g/mol. The van der Waals surface area contributed by atoms with Crippen molar-refractivity contribution < 1.29 is 9.84 Å². The van der Waals surface area contributed by atoms with Crippen LogP contribution in [-0.4, -0.2) is 33.8 Å². The molecule has 102 valence electrons. The second-order valence-electron chi connectivity index (χ2n) is 5.10. The van der Waals surface area contributed by atoms with Gasteiger partial charge >= 0.3 is 0 Å². The summed E-state index contributed by atoms with van der Waals surface area (Å²) in [5, 5.41) is 13.2. The van der Waals surface area contributed by atoms with E-state index in [1.165, 1.54) is 0 Å². The van der Waals surface area contributed by atoms with Gasteiger partial charge in [0.25, 0.3) is 0 Å². The fraction of sp³-hybridized carbons (Fsp3) is 0.692. The zero-order valence-corrected chi connectivity index (χ0v) is 11.6. The molecule has 0 amide bonds. The molecule has 1 rings (SSSR count). The molecule has 5 heteroatoms. The molecule has 0 aliphatic heterocycles. The fourth-order valence-corrected chi connectivity index (χ4v) is 1.88. The molecular weight excluding hydrogens is 230 g/mol. The SMILES string of the molecule is CCOc1ccnc(NCC(C)(O)CC(C)C)n1. The first-order chi connectivity index (χ1) is 8.43. The standard InChI is InChI=1S/C13H23N3O2/c1-5-18-11-6-7-14-12(16-11)15-9-13(4,17)8-10(2)3/h6-7,10,17H,5,8-9H2,1-4H3,(H,14,15,16). The summed E-state index contributed by atoms with van der Waals surface area (Å²) in [6.07, 6.45) is 2.36. The van der Waals surface area contributed by atoms with Crippen molar-refractivity contribution in [3.8, 4) is 5.88 Å². The molecule has 0 aromatic carbocycles. The Bertz CT molecular complexity index is 367. The smallest absolute Gasteiger partial charge is 0.226 e. The summed E-state index contributed by atoms with van der Waals surface area (Å²) in [6.45, 7) is 8.87. The van der Waals surface area contributed by atoms with Crippen LogP contribution in [0.5, 0.6) is 5.88 Å². The van der Waals surface area contributed by atoms with E-state index in [1.807, 2.05) is 13.8 Å². The van der Waals surface area contributed by atoms with Gasteiger partial charge in [0.15, 0.2) is 0 Å². The molecule has 0 spiro atoms. The van der Waals surface area contributed by atoms with Crippen LogP contribution in [0.15, 0.2) is 12.3 Å². The summed E-state index contributed by atoms with van der Waals surface area (Å²) in [5.41, 5.74) is -0.765. The minimum Gasteiger partial charge on any atom is -0.478 e. The molecule has 1 aromatic rings. The van der Waals surface area contributed by atoms with Crippen LogP contribution in [0.3, 0.4) is 0 Å². The van der Waals surface area contributed by atoms with Crippen LogP contribution >= 0.6 is 0 Å². The van der Waals surface area contributed by atoms with Crippen molar-refractivity contribution in [3.63, 3.8) is 0 Å². The van der Waals surface area contributed by atoms with Gasteiger partial charge in [-0.2, -0.15) is 4.98 Å². The number of nitrogens with one attached hydrogen (secondary N) is 1. The Balaban J connectivity index is 2.54. The second kappa shape index (κ2) is 6.54. The van der Waals surface area contributed by atoms with E-state index >= 15 is 0 Å². The van der Waals surface area contributed by atoms with Crippen LogP contribution in [0.4, 0.5) is 5.95 Å². The van der Waals surface area contributed by atoms with Gasteiger partial charge in [-0.05, 0) is 26.2 Å². The first-order valence-corrected chi connectivity index (χ1v) is 6.35. The van der Waals surface area contributed by atoms with Gasteiger partial charge in [0, 0.05) is 18.8 Å². The summed E-state index contributed by atoms with van der Waals surface area (Å²) in [5.74, 6) is 1.46. The Labute approximate surface area is 109 Å². The zero-order valence-electron chi connectivity index (χ0n) is 11.6. The van der Waals surface area contributed by atoms with Gasteiger partial charge in [0.1, 0.15) is 0 Å². The molecule has 0 radical (unpaired) electrons. The fourth-order valence-electron chi connectivity index (χ4n) is 1.88. The van der Waals surface area contributed by atoms with E-state index < -0.39 is 5.60 Å². The highest BCUT2D eigenvalue weighted by Gasteiger charge is 2.21. The summed E-state index contributed by atoms with van der Waals surface area (Å²) < 4.78 is 5.29. The van der Waals surface area contributed by atoms with Crippen molar-refractivity contribution in [1.82, 2.24) is 9.97 Å². The third kappa shape index (κ3) is 5.31. The van der Waals surface area contributed by atoms with Crippen LogP contribution in [-0.2, 0) is 0 Å². The summed E-state index contributed by atoms with van der Waals surface area (Å²) in [6, 6.07) is 1.71. The predicted octanol–water partition coefficient (Wildman–Crippen LogP) is 2.08. The summed E-state index contributed by atoms with van der Waals surface area (Å²) in [7, 11) is 0. The zero-order chi connectivity index (χ0) is 13.6. The second-order valence-corrected chi connectivity index (χ2v) is 5.10. The Kier molecular flexibility index (Phi) is 5.34. The van der Waals surface area contributed by atoms with Crippen molar-refractivity contribution in [2.45, 2.75) is 39.7 Å². The first kappa shape index (κ1) is 14.7. The van der Waals surface area contributed by atoms with E-state index in [2.05, 4.69) is 29.1 Å². The number of nitrogens with zero attached hydrogens (tertiary/aromatic N) is 2. The summed E-state index contributed by atoms with van der Waals surface area (Å²) >= 11 is 0. The van der Waals surface area contributed by atoms with Gasteiger partial charge in [-0.3, -0.25) is 0 Å². The van der Waals surface area contributed by atoms with Crippen LogP contribution in [0, 0.1) is 5.92 Å². The lowest BCUT2D eigenvalue weighted by Crippen LogP contribution is -2.35. The highest BCUT2D eigenvalue weighted by molar-refractivity contribution is 5.27. The minimum atomic E-state index is -0.765. The van der Waals surface area contributed by atoms with Crippen molar-refractivity contribution >= 4 is 5.95 Å². The highest BCUT2D eigenvalue weighted by Crippen LogP contribution is 2.17. The third-order valence-corrected chi connectivity index (χ3v) is 2.40. The van der Waals surface area contributed by atoms with Gasteiger partial charge in [0.05, 0.1) is 12.2 Å². The lowest BCUT2D eigenvalue weighted by Gasteiger charge is -2.25. The minimum absolute atomic E-state index is 0.417. The Hall–Kier alpha value is -1.36. The largest absolute Gasteiger partial charge is 0.478 e. The quantitative estimate of drug-likeness (QED) is 0.778. The Morgan fingerprint density at radius 3 is 2.83 bits per heavy atom. The predicted molar refractivity (Wildman–Crippen MR) is 71.8 cm³/mol. The van der Waals surface area contributed by atoms with E-state index in [0.717, 1.165) is 6.42 Å². The Morgan fingerprint density at radius 2 is 2.22 bits per heavy atom. The normalized spacial score (nSPS) is 14.3. The lowest BCUT2D eigenvalue weighted by molar-refractivity contribution is 0.0513. The topological polar surface area (TPSA) is 67.3 Å². The Morgan fingerprint density at radius 1 is 1.50 bits per heavy atom. The highest BCUT2D eigenvalue weighted by atomic mass is 16.5. The van der Waals surface area contributed by atoms with Gasteiger partial charge in [-0.25, -0.2) is 4.98 Å². The van der Waals surface area contributed by atoms with Crippen LogP contribution in [0.25, 0.3) is 0 Å². The molecule has 0 saturated heterocycles. The van der Waals surface area contributed by atoms with Crippen LogP contribution in [0.1, 0.15) is 34.1 Å². The molecule has 0 aliphatic rings. The molecule has 0 aliphatic carbocycles. The van der Waals surface area contributed by atoms with Gasteiger partial charge < -0.3 is 15.2 Å². The number of anilines is 1. The van der Waals surface area contributed by atoms with E-state index in [9.17, 15) is 5.11 Å². The van der Waals surface area contributed by atoms with Crippen molar-refractivity contribution in [1.29, 1.82) is 0 Å².